The number of rotatable bonds is 2. The first kappa shape index (κ1) is 13.5. The SMILES string of the molecule is OC(c1ccc(F)c(Br)c1)c1cc(Br)c(Cl)s1. The minimum Gasteiger partial charge on any atom is -0.383 e. The van der Waals surface area contributed by atoms with E-state index in [-0.39, 0.29) is 5.82 Å². The summed E-state index contributed by atoms with van der Waals surface area (Å²) in [5, 5.41) is 10.1. The minimum absolute atomic E-state index is 0.329. The standard InChI is InChI=1S/C11H6Br2ClFOS/c12-6-3-5(1-2-8(6)15)10(16)9-4-7(13)11(14)17-9/h1-4,10,16H. The van der Waals surface area contributed by atoms with E-state index in [9.17, 15) is 9.50 Å². The highest BCUT2D eigenvalue weighted by atomic mass is 79.9. The predicted octanol–water partition coefficient (Wildman–Crippen LogP) is 5.15. The molecule has 6 heteroatoms. The Hall–Kier alpha value is 0.0600. The van der Waals surface area contributed by atoms with Gasteiger partial charge in [-0.15, -0.1) is 11.3 Å². The second-order valence-electron chi connectivity index (χ2n) is 3.35. The minimum atomic E-state index is -0.805. The number of benzene rings is 1. The van der Waals surface area contributed by atoms with E-state index in [0.29, 0.717) is 19.2 Å². The fourth-order valence-electron chi connectivity index (χ4n) is 1.34. The molecule has 0 aliphatic carbocycles. The summed E-state index contributed by atoms with van der Waals surface area (Å²) >= 11 is 13.6. The summed E-state index contributed by atoms with van der Waals surface area (Å²) in [6.45, 7) is 0. The average molecular weight is 400 g/mol. The fraction of sp³-hybridized carbons (Fsp3) is 0.0909. The Morgan fingerprint density at radius 1 is 1.24 bits per heavy atom. The lowest BCUT2D eigenvalue weighted by atomic mass is 10.1. The van der Waals surface area contributed by atoms with E-state index in [1.165, 1.54) is 17.4 Å². The van der Waals surface area contributed by atoms with Crippen molar-refractivity contribution < 1.29 is 9.50 Å². The number of hydrogen-bond donors (Lipinski definition) is 1. The number of hydrogen-bond acceptors (Lipinski definition) is 2. The molecule has 0 saturated carbocycles. The predicted molar refractivity (Wildman–Crippen MR) is 75.2 cm³/mol. The number of halogens is 4. The zero-order chi connectivity index (χ0) is 12.6. The smallest absolute Gasteiger partial charge is 0.137 e. The first-order valence-electron chi connectivity index (χ1n) is 4.57. The van der Waals surface area contributed by atoms with Gasteiger partial charge < -0.3 is 5.11 Å². The van der Waals surface area contributed by atoms with E-state index < -0.39 is 6.10 Å². The van der Waals surface area contributed by atoms with Crippen LogP contribution in [0.15, 0.2) is 33.2 Å². The van der Waals surface area contributed by atoms with Crippen molar-refractivity contribution in [1.82, 2.24) is 0 Å². The van der Waals surface area contributed by atoms with Gasteiger partial charge >= 0.3 is 0 Å². The molecule has 0 aliphatic heterocycles. The molecule has 1 nitrogen and oxygen atoms in total. The summed E-state index contributed by atoms with van der Waals surface area (Å²) in [7, 11) is 0. The number of aliphatic hydroxyl groups is 1. The molecule has 1 aromatic heterocycles. The molecule has 0 radical (unpaired) electrons. The topological polar surface area (TPSA) is 20.2 Å². The van der Waals surface area contributed by atoms with Crippen molar-refractivity contribution in [2.75, 3.05) is 0 Å². The Morgan fingerprint density at radius 2 is 1.94 bits per heavy atom. The summed E-state index contributed by atoms with van der Waals surface area (Å²) in [5.41, 5.74) is 0.615. The molecule has 1 atom stereocenters. The van der Waals surface area contributed by atoms with Crippen molar-refractivity contribution >= 4 is 54.8 Å². The molecule has 0 bridgehead atoms. The van der Waals surface area contributed by atoms with Gasteiger partial charge in [0.1, 0.15) is 16.3 Å². The Labute approximate surface area is 123 Å². The van der Waals surface area contributed by atoms with Gasteiger partial charge in [-0.1, -0.05) is 17.7 Å². The summed E-state index contributed by atoms with van der Waals surface area (Å²) < 4.78 is 14.7. The Kier molecular flexibility index (Phi) is 4.26. The van der Waals surface area contributed by atoms with Gasteiger partial charge in [0.2, 0.25) is 0 Å². The normalized spacial score (nSPS) is 12.8. The van der Waals surface area contributed by atoms with Crippen LogP contribution in [0.25, 0.3) is 0 Å². The first-order chi connectivity index (χ1) is 7.99. The van der Waals surface area contributed by atoms with Crippen LogP contribution in [0.3, 0.4) is 0 Å². The van der Waals surface area contributed by atoms with Crippen molar-refractivity contribution in [2.24, 2.45) is 0 Å². The summed E-state index contributed by atoms with van der Waals surface area (Å²) in [5.74, 6) is -0.355. The third-order valence-electron chi connectivity index (χ3n) is 2.19. The van der Waals surface area contributed by atoms with Crippen LogP contribution in [0.5, 0.6) is 0 Å². The molecule has 0 fully saturated rings. The van der Waals surface area contributed by atoms with E-state index in [2.05, 4.69) is 31.9 Å². The van der Waals surface area contributed by atoms with E-state index in [0.717, 1.165) is 4.47 Å². The molecule has 2 aromatic rings. The maximum Gasteiger partial charge on any atom is 0.137 e. The second-order valence-corrected chi connectivity index (χ2v) is 6.74. The van der Waals surface area contributed by atoms with Crippen molar-refractivity contribution in [3.05, 3.63) is 53.8 Å². The van der Waals surface area contributed by atoms with Crippen LogP contribution < -0.4 is 0 Å². The molecule has 1 unspecified atom stereocenters. The highest BCUT2D eigenvalue weighted by Crippen LogP contribution is 2.37. The van der Waals surface area contributed by atoms with Gasteiger partial charge in [-0.3, -0.25) is 0 Å². The maximum atomic E-state index is 13.1. The lowest BCUT2D eigenvalue weighted by Gasteiger charge is -2.09. The molecule has 0 amide bonds. The maximum absolute atomic E-state index is 13.1. The van der Waals surface area contributed by atoms with Gasteiger partial charge in [0.25, 0.3) is 0 Å². The molecular weight excluding hydrogens is 394 g/mol. The molecule has 1 N–H and O–H groups in total. The molecule has 1 aromatic carbocycles. The van der Waals surface area contributed by atoms with Gasteiger partial charge in [-0.25, -0.2) is 4.39 Å². The van der Waals surface area contributed by atoms with Gasteiger partial charge in [0.15, 0.2) is 0 Å². The van der Waals surface area contributed by atoms with Gasteiger partial charge in [0.05, 0.1) is 4.47 Å². The highest BCUT2D eigenvalue weighted by Gasteiger charge is 2.16. The first-order valence-corrected chi connectivity index (χ1v) is 7.35. The summed E-state index contributed by atoms with van der Waals surface area (Å²) in [6.07, 6.45) is -0.805. The molecule has 90 valence electrons. The van der Waals surface area contributed by atoms with Crippen molar-refractivity contribution in [3.63, 3.8) is 0 Å². The van der Waals surface area contributed by atoms with E-state index in [1.807, 2.05) is 0 Å². The molecule has 0 spiro atoms. The van der Waals surface area contributed by atoms with E-state index in [4.69, 9.17) is 11.6 Å². The van der Waals surface area contributed by atoms with Crippen LogP contribution in [0.2, 0.25) is 4.34 Å². The van der Waals surface area contributed by atoms with Crippen molar-refractivity contribution in [1.29, 1.82) is 0 Å². The Bertz CT molecular complexity index is 539. The highest BCUT2D eigenvalue weighted by molar-refractivity contribution is 9.10. The lowest BCUT2D eigenvalue weighted by molar-refractivity contribution is 0.224. The van der Waals surface area contributed by atoms with Crippen molar-refractivity contribution in [2.45, 2.75) is 6.10 Å². The zero-order valence-electron chi connectivity index (χ0n) is 8.25. The van der Waals surface area contributed by atoms with Crippen molar-refractivity contribution in [3.8, 4) is 0 Å². The third-order valence-corrected chi connectivity index (χ3v) is 5.33. The van der Waals surface area contributed by atoms with E-state index in [1.54, 1.807) is 18.2 Å². The quantitative estimate of drug-likeness (QED) is 0.739. The van der Waals surface area contributed by atoms with Crippen LogP contribution in [-0.2, 0) is 0 Å². The third kappa shape index (κ3) is 2.90. The molecule has 0 aliphatic rings. The Morgan fingerprint density at radius 3 is 2.47 bits per heavy atom. The second kappa shape index (κ2) is 5.36. The monoisotopic (exact) mass is 398 g/mol. The van der Waals surface area contributed by atoms with Crippen LogP contribution in [0.4, 0.5) is 4.39 Å². The van der Waals surface area contributed by atoms with Crippen LogP contribution >= 0.6 is 54.8 Å². The molecule has 2 rings (SSSR count). The summed E-state index contributed by atoms with van der Waals surface area (Å²) in [4.78, 5) is 0.709. The van der Waals surface area contributed by atoms with Crippen LogP contribution in [0.1, 0.15) is 16.5 Å². The fourth-order valence-corrected chi connectivity index (χ4v) is 3.49. The largest absolute Gasteiger partial charge is 0.383 e. The number of thiophene rings is 1. The van der Waals surface area contributed by atoms with Gasteiger partial charge in [-0.05, 0) is 55.6 Å². The lowest BCUT2D eigenvalue weighted by Crippen LogP contribution is -1.97. The van der Waals surface area contributed by atoms with Gasteiger partial charge in [0, 0.05) is 9.35 Å². The van der Waals surface area contributed by atoms with Crippen LogP contribution in [-0.4, -0.2) is 5.11 Å². The van der Waals surface area contributed by atoms with Gasteiger partial charge in [-0.2, -0.15) is 0 Å². The summed E-state index contributed by atoms with van der Waals surface area (Å²) in [6, 6.07) is 6.18. The van der Waals surface area contributed by atoms with E-state index >= 15 is 0 Å². The zero-order valence-corrected chi connectivity index (χ0v) is 13.0. The molecule has 0 saturated heterocycles. The number of aliphatic hydroxyl groups excluding tert-OH is 1. The Balaban J connectivity index is 2.36. The molecule has 1 heterocycles. The molecule has 17 heavy (non-hydrogen) atoms. The average Bonchev–Trinajstić information content (AvgIpc) is 2.62. The van der Waals surface area contributed by atoms with Crippen LogP contribution in [0, 0.1) is 5.82 Å². The molecular formula is C11H6Br2ClFOS.